The Kier molecular flexibility index (Phi) is 6.23. The highest BCUT2D eigenvalue weighted by Crippen LogP contribution is 2.25. The molecule has 2 heterocycles. The molecular weight excluding hydrogens is 426 g/mol. The fraction of sp³-hybridized carbons (Fsp3) is 0.217. The number of carbonyl (C=O) groups excluding carboxylic acids is 1. The number of rotatable bonds is 6. The molecule has 9 heteroatoms. The van der Waals surface area contributed by atoms with E-state index >= 15 is 0 Å². The van der Waals surface area contributed by atoms with Gasteiger partial charge >= 0.3 is 0 Å². The van der Waals surface area contributed by atoms with Crippen LogP contribution in [0.1, 0.15) is 47.3 Å². The molecule has 162 valence electrons. The van der Waals surface area contributed by atoms with E-state index in [0.29, 0.717) is 34.3 Å². The zero-order valence-electron chi connectivity index (χ0n) is 18.0. The van der Waals surface area contributed by atoms with E-state index in [1.54, 1.807) is 16.8 Å². The molecule has 0 saturated heterocycles. The number of nitrogens with zero attached hydrogens (tertiary/aromatic N) is 6. The van der Waals surface area contributed by atoms with Crippen molar-refractivity contribution in [2.75, 3.05) is 0 Å². The zero-order chi connectivity index (χ0) is 22.7. The molecule has 4 rings (SSSR count). The number of aryl methyl sites for hydroxylation is 2. The first-order chi connectivity index (χ1) is 15.4. The normalized spacial score (nSPS) is 11.9. The van der Waals surface area contributed by atoms with Gasteiger partial charge < -0.3 is 5.32 Å². The molecule has 0 fully saturated rings. The first-order valence-electron chi connectivity index (χ1n) is 10.2. The molecule has 4 aromatic rings. The Morgan fingerprint density at radius 2 is 1.88 bits per heavy atom. The van der Waals surface area contributed by atoms with Crippen molar-refractivity contribution in [3.05, 3.63) is 82.7 Å². The second kappa shape index (κ2) is 9.23. The van der Waals surface area contributed by atoms with Gasteiger partial charge in [0.1, 0.15) is 11.5 Å². The van der Waals surface area contributed by atoms with Gasteiger partial charge in [-0.05, 0) is 59.7 Å². The fourth-order valence-corrected chi connectivity index (χ4v) is 3.50. The lowest BCUT2D eigenvalue weighted by atomic mass is 10.0. The topological polar surface area (TPSA) is 98.5 Å². The minimum absolute atomic E-state index is 0.242. The van der Waals surface area contributed by atoms with Gasteiger partial charge in [0, 0.05) is 12.0 Å². The number of halogens is 1. The summed E-state index contributed by atoms with van der Waals surface area (Å²) in [7, 11) is 0. The molecule has 0 bridgehead atoms. The molecule has 1 N–H and O–H groups in total. The van der Waals surface area contributed by atoms with Gasteiger partial charge in [-0.25, -0.2) is 9.97 Å². The number of tetrazole rings is 1. The minimum Gasteiger partial charge on any atom is -0.344 e. The molecule has 32 heavy (non-hydrogen) atoms. The molecule has 0 spiro atoms. The van der Waals surface area contributed by atoms with Crippen molar-refractivity contribution in [1.82, 2.24) is 35.5 Å². The highest BCUT2D eigenvalue weighted by atomic mass is 35.5. The van der Waals surface area contributed by atoms with E-state index in [-0.39, 0.29) is 11.9 Å². The molecule has 2 aromatic heterocycles. The highest BCUT2D eigenvalue weighted by Gasteiger charge is 2.17. The first-order valence-corrected chi connectivity index (χ1v) is 10.6. The first kappa shape index (κ1) is 21.6. The number of hydrogen-bond acceptors (Lipinski definition) is 6. The van der Waals surface area contributed by atoms with Gasteiger partial charge in [-0.1, -0.05) is 48.4 Å². The maximum atomic E-state index is 13.2. The van der Waals surface area contributed by atoms with Crippen LogP contribution in [0.25, 0.3) is 16.8 Å². The Morgan fingerprint density at radius 3 is 2.59 bits per heavy atom. The summed E-state index contributed by atoms with van der Waals surface area (Å²) in [6.07, 6.45) is 2.04. The number of amides is 1. The molecule has 2 aromatic carbocycles. The van der Waals surface area contributed by atoms with Crippen molar-refractivity contribution in [3.8, 4) is 16.8 Å². The molecule has 1 unspecified atom stereocenters. The predicted molar refractivity (Wildman–Crippen MR) is 122 cm³/mol. The fourth-order valence-electron chi connectivity index (χ4n) is 3.34. The summed E-state index contributed by atoms with van der Waals surface area (Å²) >= 11 is 5.96. The van der Waals surface area contributed by atoms with Crippen molar-refractivity contribution in [2.45, 2.75) is 33.2 Å². The molecule has 8 nitrogen and oxygen atoms in total. The second-order valence-corrected chi connectivity index (χ2v) is 7.84. The lowest BCUT2D eigenvalue weighted by Gasteiger charge is -2.15. The van der Waals surface area contributed by atoms with E-state index in [4.69, 9.17) is 11.6 Å². The van der Waals surface area contributed by atoms with Crippen molar-refractivity contribution in [2.24, 2.45) is 0 Å². The Morgan fingerprint density at radius 1 is 1.09 bits per heavy atom. The van der Waals surface area contributed by atoms with Crippen LogP contribution < -0.4 is 5.32 Å². The van der Waals surface area contributed by atoms with Crippen LogP contribution in [0, 0.1) is 6.92 Å². The van der Waals surface area contributed by atoms with Crippen LogP contribution in [0.3, 0.4) is 0 Å². The van der Waals surface area contributed by atoms with E-state index in [1.165, 1.54) is 6.33 Å². The summed E-state index contributed by atoms with van der Waals surface area (Å²) in [4.78, 5) is 21.3. The van der Waals surface area contributed by atoms with Crippen LogP contribution in [-0.2, 0) is 6.42 Å². The minimum atomic E-state index is -0.353. The van der Waals surface area contributed by atoms with Gasteiger partial charge in [0.2, 0.25) is 0 Å². The van der Waals surface area contributed by atoms with Gasteiger partial charge in [0.05, 0.1) is 17.4 Å². The van der Waals surface area contributed by atoms with Crippen LogP contribution in [-0.4, -0.2) is 36.1 Å². The zero-order valence-corrected chi connectivity index (χ0v) is 18.7. The van der Waals surface area contributed by atoms with E-state index < -0.39 is 0 Å². The Hall–Kier alpha value is -3.65. The second-order valence-electron chi connectivity index (χ2n) is 7.46. The largest absolute Gasteiger partial charge is 0.344 e. The lowest BCUT2D eigenvalue weighted by Crippen LogP contribution is -2.27. The smallest absolute Gasteiger partial charge is 0.251 e. The van der Waals surface area contributed by atoms with E-state index in [9.17, 15) is 4.79 Å². The van der Waals surface area contributed by atoms with Gasteiger partial charge in [-0.3, -0.25) is 4.79 Å². The Balaban J connectivity index is 1.73. The van der Waals surface area contributed by atoms with Crippen LogP contribution in [0.2, 0.25) is 5.15 Å². The standard InChI is InChI=1S/C23H22ClN7O/c1-4-22-28-29-30-31(22)19-10-17(16-7-5-14(2)6-8-16)9-18(11-19)23(32)27-15(3)20-12-21(24)26-13-25-20/h5-13,15H,4H2,1-3H3,(H,27,32). The summed E-state index contributed by atoms with van der Waals surface area (Å²) in [6, 6.07) is 15.0. The summed E-state index contributed by atoms with van der Waals surface area (Å²) in [5.74, 6) is 0.468. The van der Waals surface area contributed by atoms with Crippen molar-refractivity contribution in [3.63, 3.8) is 0 Å². The van der Waals surface area contributed by atoms with Crippen LogP contribution in [0.4, 0.5) is 0 Å². The van der Waals surface area contributed by atoms with Gasteiger partial charge in [-0.2, -0.15) is 4.68 Å². The predicted octanol–water partition coefficient (Wildman–Crippen LogP) is 4.13. The molecule has 1 amide bonds. The Bertz CT molecular complexity index is 1250. The van der Waals surface area contributed by atoms with Crippen molar-refractivity contribution < 1.29 is 4.79 Å². The van der Waals surface area contributed by atoms with E-state index in [2.05, 4.69) is 30.8 Å². The third kappa shape index (κ3) is 4.65. The van der Waals surface area contributed by atoms with Gasteiger partial charge in [0.15, 0.2) is 5.82 Å². The van der Waals surface area contributed by atoms with Gasteiger partial charge in [0.25, 0.3) is 5.91 Å². The third-order valence-corrected chi connectivity index (χ3v) is 5.31. The summed E-state index contributed by atoms with van der Waals surface area (Å²) < 4.78 is 1.65. The summed E-state index contributed by atoms with van der Waals surface area (Å²) in [5, 5.41) is 15.3. The van der Waals surface area contributed by atoms with Crippen molar-refractivity contribution in [1.29, 1.82) is 0 Å². The number of aromatic nitrogens is 6. The van der Waals surface area contributed by atoms with Crippen LogP contribution in [0.15, 0.2) is 54.9 Å². The molecular formula is C23H22ClN7O. The monoisotopic (exact) mass is 447 g/mol. The quantitative estimate of drug-likeness (QED) is 0.446. The summed E-state index contributed by atoms with van der Waals surface area (Å²) in [5.41, 5.74) is 4.88. The molecule has 0 aliphatic carbocycles. The highest BCUT2D eigenvalue weighted by molar-refractivity contribution is 6.29. The third-order valence-electron chi connectivity index (χ3n) is 5.11. The van der Waals surface area contributed by atoms with Crippen LogP contribution >= 0.6 is 11.6 Å². The lowest BCUT2D eigenvalue weighted by molar-refractivity contribution is 0.0939. The molecule has 1 atom stereocenters. The van der Waals surface area contributed by atoms with Crippen LogP contribution in [0.5, 0.6) is 0 Å². The number of carbonyl (C=O) groups is 1. The van der Waals surface area contributed by atoms with Gasteiger partial charge in [-0.15, -0.1) is 5.10 Å². The number of hydrogen-bond donors (Lipinski definition) is 1. The molecule has 0 aliphatic rings. The number of benzene rings is 2. The molecule has 0 radical (unpaired) electrons. The van der Waals surface area contributed by atoms with E-state index in [0.717, 1.165) is 16.7 Å². The van der Waals surface area contributed by atoms with E-state index in [1.807, 2.05) is 57.2 Å². The molecule has 0 aliphatic heterocycles. The average molecular weight is 448 g/mol. The maximum absolute atomic E-state index is 13.2. The maximum Gasteiger partial charge on any atom is 0.251 e. The molecule has 0 saturated carbocycles. The average Bonchev–Trinajstić information content (AvgIpc) is 3.28. The number of nitrogens with one attached hydrogen (secondary N) is 1. The van der Waals surface area contributed by atoms with Crippen molar-refractivity contribution >= 4 is 17.5 Å². The SMILES string of the molecule is CCc1nnnn1-c1cc(C(=O)NC(C)c2cc(Cl)ncn2)cc(-c2ccc(C)cc2)c1. The summed E-state index contributed by atoms with van der Waals surface area (Å²) in [6.45, 7) is 5.86. The Labute approximate surface area is 190 Å².